The maximum Gasteiger partial charge on any atom is 0.321 e. The van der Waals surface area contributed by atoms with Gasteiger partial charge in [-0.2, -0.15) is 0 Å². The predicted molar refractivity (Wildman–Crippen MR) is 70.3 cm³/mol. The van der Waals surface area contributed by atoms with E-state index in [0.717, 1.165) is 15.0 Å². The van der Waals surface area contributed by atoms with Gasteiger partial charge >= 0.3 is 5.97 Å². The second-order valence-electron chi connectivity index (χ2n) is 3.91. The number of nitrogens with two attached hydrogens (primary N) is 1. The lowest BCUT2D eigenvalue weighted by Crippen LogP contribution is -2.46. The van der Waals surface area contributed by atoms with Crippen LogP contribution in [0.2, 0.25) is 4.34 Å². The molecular formula is C10H14ClNO2S2. The maximum atomic E-state index is 10.8. The highest BCUT2D eigenvalue weighted by Crippen LogP contribution is 2.33. The molecule has 0 aromatic carbocycles. The van der Waals surface area contributed by atoms with Crippen LogP contribution < -0.4 is 5.73 Å². The molecule has 3 nitrogen and oxygen atoms in total. The van der Waals surface area contributed by atoms with E-state index >= 15 is 0 Å². The monoisotopic (exact) mass is 279 g/mol. The summed E-state index contributed by atoms with van der Waals surface area (Å²) in [6.07, 6.45) is 0. The van der Waals surface area contributed by atoms with Gasteiger partial charge < -0.3 is 10.8 Å². The Morgan fingerprint density at radius 1 is 1.69 bits per heavy atom. The van der Waals surface area contributed by atoms with Crippen molar-refractivity contribution in [1.29, 1.82) is 0 Å². The summed E-state index contributed by atoms with van der Waals surface area (Å²) in [5.41, 5.74) is 5.62. The molecule has 6 heteroatoms. The van der Waals surface area contributed by atoms with Crippen LogP contribution in [0.5, 0.6) is 0 Å². The largest absolute Gasteiger partial charge is 0.480 e. The van der Waals surface area contributed by atoms with Gasteiger partial charge in [-0.05, 0) is 26.0 Å². The van der Waals surface area contributed by atoms with E-state index in [1.807, 2.05) is 26.0 Å². The Bertz CT molecular complexity index is 379. The molecule has 90 valence electrons. The fraction of sp³-hybridized carbons (Fsp3) is 0.500. The van der Waals surface area contributed by atoms with E-state index in [2.05, 4.69) is 0 Å². The van der Waals surface area contributed by atoms with E-state index in [1.54, 1.807) is 0 Å². The van der Waals surface area contributed by atoms with Gasteiger partial charge in [0, 0.05) is 15.4 Å². The van der Waals surface area contributed by atoms with Gasteiger partial charge in [-0.3, -0.25) is 4.79 Å². The van der Waals surface area contributed by atoms with E-state index in [4.69, 9.17) is 22.4 Å². The van der Waals surface area contributed by atoms with Crippen molar-refractivity contribution in [3.63, 3.8) is 0 Å². The van der Waals surface area contributed by atoms with Crippen LogP contribution in [0.1, 0.15) is 18.7 Å². The molecule has 1 heterocycles. The molecule has 0 amide bonds. The van der Waals surface area contributed by atoms with Crippen LogP contribution in [0, 0.1) is 0 Å². The van der Waals surface area contributed by atoms with E-state index in [-0.39, 0.29) is 0 Å². The number of halogens is 1. The first-order valence-corrected chi connectivity index (χ1v) is 6.87. The fourth-order valence-corrected chi connectivity index (χ4v) is 3.26. The molecule has 1 rings (SSSR count). The molecule has 0 aliphatic heterocycles. The fourth-order valence-electron chi connectivity index (χ4n) is 1.07. The molecule has 0 saturated heterocycles. The van der Waals surface area contributed by atoms with E-state index in [0.29, 0.717) is 0 Å². The molecule has 0 spiro atoms. The van der Waals surface area contributed by atoms with E-state index in [1.165, 1.54) is 23.1 Å². The van der Waals surface area contributed by atoms with Crippen LogP contribution in [0.15, 0.2) is 12.1 Å². The van der Waals surface area contributed by atoms with Crippen LogP contribution >= 0.6 is 34.7 Å². The number of hydrogen-bond acceptors (Lipinski definition) is 4. The normalized spacial score (nSPS) is 13.8. The van der Waals surface area contributed by atoms with Crippen molar-refractivity contribution in [2.45, 2.75) is 30.4 Å². The molecule has 1 atom stereocenters. The van der Waals surface area contributed by atoms with Gasteiger partial charge in [0.15, 0.2) is 0 Å². The summed E-state index contributed by atoms with van der Waals surface area (Å²) in [4.78, 5) is 11.9. The van der Waals surface area contributed by atoms with Gasteiger partial charge in [-0.25, -0.2) is 0 Å². The summed E-state index contributed by atoms with van der Waals surface area (Å²) in [7, 11) is 0. The number of carboxylic acids is 1. The summed E-state index contributed by atoms with van der Waals surface area (Å²) < 4.78 is 0.249. The Morgan fingerprint density at radius 2 is 2.31 bits per heavy atom. The number of thioether (sulfide) groups is 1. The maximum absolute atomic E-state index is 10.8. The third-order valence-corrected chi connectivity index (χ3v) is 5.10. The number of hydrogen-bond donors (Lipinski definition) is 2. The van der Waals surface area contributed by atoms with Crippen LogP contribution in [0.25, 0.3) is 0 Å². The molecule has 3 N–H and O–H groups in total. The van der Waals surface area contributed by atoms with Gasteiger partial charge in [-0.1, -0.05) is 11.6 Å². The Balaban J connectivity index is 2.57. The zero-order chi connectivity index (χ0) is 12.3. The molecule has 0 unspecified atom stereocenters. The topological polar surface area (TPSA) is 63.3 Å². The van der Waals surface area contributed by atoms with Crippen molar-refractivity contribution >= 4 is 40.7 Å². The summed E-state index contributed by atoms with van der Waals surface area (Å²) in [5, 5.41) is 8.86. The van der Waals surface area contributed by atoms with E-state index < -0.39 is 16.8 Å². The number of thiophene rings is 1. The summed E-state index contributed by atoms with van der Waals surface area (Å²) in [6.45, 7) is 3.68. The third kappa shape index (κ3) is 3.66. The van der Waals surface area contributed by atoms with Crippen LogP contribution in [0.4, 0.5) is 0 Å². The zero-order valence-corrected chi connectivity index (χ0v) is 11.5. The van der Waals surface area contributed by atoms with E-state index in [9.17, 15) is 4.79 Å². The quantitative estimate of drug-likeness (QED) is 0.870. The molecule has 16 heavy (non-hydrogen) atoms. The molecule has 0 saturated carbocycles. The van der Waals surface area contributed by atoms with Crippen molar-refractivity contribution in [2.75, 3.05) is 0 Å². The van der Waals surface area contributed by atoms with Crippen molar-refractivity contribution in [3.05, 3.63) is 21.3 Å². The SMILES string of the molecule is CC(C)(SCc1ccc(Cl)s1)[C@H](N)C(=O)O. The Hall–Kier alpha value is -0.230. The minimum atomic E-state index is -0.971. The van der Waals surface area contributed by atoms with Crippen molar-refractivity contribution < 1.29 is 9.90 Å². The number of carboxylic acid groups (broad SMARTS) is 1. The molecule has 0 bridgehead atoms. The standard InChI is InChI=1S/C10H14ClNO2S2/c1-10(2,8(12)9(13)14)15-5-6-3-4-7(11)16-6/h3-4,8H,5,12H2,1-2H3,(H,13,14)/t8-/m1/s1. The second kappa shape index (κ2) is 5.40. The number of carbonyl (C=O) groups is 1. The predicted octanol–water partition coefficient (Wildman–Crippen LogP) is 2.83. The van der Waals surface area contributed by atoms with Gasteiger partial charge in [0.1, 0.15) is 6.04 Å². The minimum absolute atomic E-state index is 0.498. The lowest BCUT2D eigenvalue weighted by atomic mass is 10.1. The highest BCUT2D eigenvalue weighted by atomic mass is 35.5. The molecule has 1 aromatic rings. The molecule has 1 aromatic heterocycles. The number of rotatable bonds is 5. The highest BCUT2D eigenvalue weighted by molar-refractivity contribution is 8.00. The first-order valence-electron chi connectivity index (χ1n) is 4.69. The molecule has 0 radical (unpaired) electrons. The van der Waals surface area contributed by atoms with Crippen LogP contribution in [-0.4, -0.2) is 21.9 Å². The first kappa shape index (κ1) is 13.8. The van der Waals surface area contributed by atoms with Crippen molar-refractivity contribution in [1.82, 2.24) is 0 Å². The third-order valence-electron chi connectivity index (χ3n) is 2.23. The molecule has 0 aliphatic carbocycles. The lowest BCUT2D eigenvalue weighted by Gasteiger charge is -2.27. The van der Waals surface area contributed by atoms with Gasteiger partial charge in [0.2, 0.25) is 0 Å². The zero-order valence-electron chi connectivity index (χ0n) is 9.07. The second-order valence-corrected chi connectivity index (χ2v) is 7.34. The smallest absolute Gasteiger partial charge is 0.321 e. The van der Waals surface area contributed by atoms with Crippen molar-refractivity contribution in [3.8, 4) is 0 Å². The molecular weight excluding hydrogens is 266 g/mol. The van der Waals surface area contributed by atoms with Gasteiger partial charge in [0.05, 0.1) is 4.34 Å². The average molecular weight is 280 g/mol. The average Bonchev–Trinajstić information content (AvgIpc) is 2.60. The molecule has 0 fully saturated rings. The Morgan fingerprint density at radius 3 is 2.75 bits per heavy atom. The van der Waals surface area contributed by atoms with Crippen LogP contribution in [0.3, 0.4) is 0 Å². The highest BCUT2D eigenvalue weighted by Gasteiger charge is 2.32. The van der Waals surface area contributed by atoms with Crippen molar-refractivity contribution in [2.24, 2.45) is 5.73 Å². The summed E-state index contributed by atoms with van der Waals surface area (Å²) in [5.74, 6) is -0.243. The Labute approximate surface area is 108 Å². The van der Waals surface area contributed by atoms with Gasteiger partial charge in [-0.15, -0.1) is 23.1 Å². The van der Waals surface area contributed by atoms with Gasteiger partial charge in [0.25, 0.3) is 0 Å². The first-order chi connectivity index (χ1) is 7.33. The molecule has 0 aliphatic rings. The Kier molecular flexibility index (Phi) is 4.67. The summed E-state index contributed by atoms with van der Waals surface area (Å²) >= 11 is 8.85. The van der Waals surface area contributed by atoms with Crippen LogP contribution in [-0.2, 0) is 10.5 Å². The lowest BCUT2D eigenvalue weighted by molar-refractivity contribution is -0.139. The number of aliphatic carboxylic acids is 1. The summed E-state index contributed by atoms with van der Waals surface area (Å²) in [6, 6.07) is 2.92. The minimum Gasteiger partial charge on any atom is -0.480 e.